The molecule has 1 fully saturated rings. The Morgan fingerprint density at radius 1 is 1.20 bits per heavy atom. The van der Waals surface area contributed by atoms with E-state index in [4.69, 9.17) is 10.2 Å². The maximum atomic E-state index is 6.60. The summed E-state index contributed by atoms with van der Waals surface area (Å²) in [7, 11) is 0.250. The van der Waals surface area contributed by atoms with Gasteiger partial charge in [-0.25, -0.2) is 0 Å². The van der Waals surface area contributed by atoms with Gasteiger partial charge in [-0.3, -0.25) is 4.68 Å². The molecule has 1 aliphatic rings. The predicted octanol–water partition coefficient (Wildman–Crippen LogP) is 4.15. The Kier molecular flexibility index (Phi) is 4.62. The second-order valence-electron chi connectivity index (χ2n) is 8.84. The Balaban J connectivity index is 1.69. The van der Waals surface area contributed by atoms with Crippen LogP contribution in [0.5, 0.6) is 0 Å². The zero-order valence-electron chi connectivity index (χ0n) is 16.5. The molecular formula is C19H32N4OSi. The number of piperidine rings is 1. The van der Waals surface area contributed by atoms with Crippen LogP contribution in [0.2, 0.25) is 18.1 Å². The number of rotatable bonds is 3. The smallest absolute Gasteiger partial charge is 0.192 e. The van der Waals surface area contributed by atoms with Crippen molar-refractivity contribution < 1.29 is 4.43 Å². The van der Waals surface area contributed by atoms with Crippen molar-refractivity contribution in [3.8, 4) is 0 Å². The number of fused-ring (bicyclic) bond motifs is 1. The molecule has 0 spiro atoms. The van der Waals surface area contributed by atoms with Gasteiger partial charge in [0, 0.05) is 37.8 Å². The first-order valence-corrected chi connectivity index (χ1v) is 12.1. The van der Waals surface area contributed by atoms with Crippen molar-refractivity contribution in [1.82, 2.24) is 9.78 Å². The van der Waals surface area contributed by atoms with Gasteiger partial charge in [0.15, 0.2) is 8.32 Å². The van der Waals surface area contributed by atoms with E-state index in [2.05, 4.69) is 49.9 Å². The van der Waals surface area contributed by atoms with E-state index in [9.17, 15) is 0 Å². The van der Waals surface area contributed by atoms with Crippen molar-refractivity contribution in [2.24, 2.45) is 7.05 Å². The minimum Gasteiger partial charge on any atom is -0.414 e. The number of nitrogens with two attached hydrogens (primary N) is 1. The summed E-state index contributed by atoms with van der Waals surface area (Å²) in [6, 6.07) is 4.16. The fraction of sp³-hybridized carbons (Fsp3) is 0.632. The third-order valence-corrected chi connectivity index (χ3v) is 10.4. The number of anilines is 2. The summed E-state index contributed by atoms with van der Waals surface area (Å²) in [5.41, 5.74) is 9.27. The van der Waals surface area contributed by atoms with Gasteiger partial charge in [0.2, 0.25) is 0 Å². The molecule has 0 bridgehead atoms. The van der Waals surface area contributed by atoms with Gasteiger partial charge in [0.05, 0.1) is 16.9 Å². The van der Waals surface area contributed by atoms with E-state index in [-0.39, 0.29) is 5.04 Å². The Morgan fingerprint density at radius 3 is 2.44 bits per heavy atom. The van der Waals surface area contributed by atoms with Gasteiger partial charge in [-0.05, 0) is 43.1 Å². The quantitative estimate of drug-likeness (QED) is 0.660. The molecule has 0 radical (unpaired) electrons. The summed E-state index contributed by atoms with van der Waals surface area (Å²) in [6.45, 7) is 13.6. The molecule has 5 nitrogen and oxygen atoms in total. The molecule has 3 rings (SSSR count). The fourth-order valence-corrected chi connectivity index (χ4v) is 4.71. The van der Waals surface area contributed by atoms with Crippen molar-refractivity contribution in [3.05, 3.63) is 18.3 Å². The van der Waals surface area contributed by atoms with Crippen molar-refractivity contribution in [1.29, 1.82) is 0 Å². The maximum Gasteiger partial charge on any atom is 0.192 e. The number of benzene rings is 1. The first-order valence-electron chi connectivity index (χ1n) is 9.22. The topological polar surface area (TPSA) is 56.3 Å². The van der Waals surface area contributed by atoms with Gasteiger partial charge in [0.1, 0.15) is 0 Å². The van der Waals surface area contributed by atoms with Crippen molar-refractivity contribution in [2.45, 2.75) is 57.8 Å². The number of nitrogen functional groups attached to an aromatic ring is 1. The van der Waals surface area contributed by atoms with Crippen molar-refractivity contribution >= 4 is 30.6 Å². The average Bonchev–Trinajstić information content (AvgIpc) is 2.85. The average molecular weight is 361 g/mol. The molecule has 0 unspecified atom stereocenters. The molecule has 1 aromatic heterocycles. The number of aromatic nitrogens is 2. The molecule has 0 atom stereocenters. The normalized spacial score (nSPS) is 17.4. The van der Waals surface area contributed by atoms with E-state index in [0.29, 0.717) is 6.10 Å². The summed E-state index contributed by atoms with van der Waals surface area (Å²) in [4.78, 5) is 2.38. The summed E-state index contributed by atoms with van der Waals surface area (Å²) in [6.07, 6.45) is 4.50. The predicted molar refractivity (Wildman–Crippen MR) is 109 cm³/mol. The third kappa shape index (κ3) is 3.70. The summed E-state index contributed by atoms with van der Waals surface area (Å²) >= 11 is 0. The van der Waals surface area contributed by atoms with Gasteiger partial charge in [-0.1, -0.05) is 20.8 Å². The molecule has 0 saturated carbocycles. The van der Waals surface area contributed by atoms with Crippen LogP contribution >= 0.6 is 0 Å². The molecule has 0 aliphatic carbocycles. The number of nitrogens with zero attached hydrogens (tertiary/aromatic N) is 3. The molecule has 6 heteroatoms. The number of hydrogen-bond acceptors (Lipinski definition) is 4. The molecule has 1 saturated heterocycles. The Labute approximate surface area is 152 Å². The van der Waals surface area contributed by atoms with Crippen LogP contribution in [-0.2, 0) is 11.5 Å². The Hall–Kier alpha value is -1.53. The molecule has 1 aliphatic heterocycles. The lowest BCUT2D eigenvalue weighted by Gasteiger charge is -2.42. The van der Waals surface area contributed by atoms with Gasteiger partial charge >= 0.3 is 0 Å². The number of aryl methyl sites for hydroxylation is 1. The molecule has 0 amide bonds. The molecule has 138 valence electrons. The SMILES string of the molecule is Cn1cc2cc(N)c(N3CCC(O[Si](C)(C)C(C)(C)C)CC3)cc2n1. The lowest BCUT2D eigenvalue weighted by Crippen LogP contribution is -2.47. The van der Waals surface area contributed by atoms with Crippen molar-refractivity contribution in [3.63, 3.8) is 0 Å². The second-order valence-corrected chi connectivity index (χ2v) is 13.6. The zero-order valence-corrected chi connectivity index (χ0v) is 17.5. The minimum absolute atomic E-state index is 0.262. The van der Waals surface area contributed by atoms with Crippen LogP contribution in [0.4, 0.5) is 11.4 Å². The lowest BCUT2D eigenvalue weighted by atomic mass is 10.1. The first-order chi connectivity index (χ1) is 11.6. The molecule has 2 N–H and O–H groups in total. The first kappa shape index (κ1) is 18.3. The highest BCUT2D eigenvalue weighted by Crippen LogP contribution is 2.39. The largest absolute Gasteiger partial charge is 0.414 e. The van der Waals surface area contributed by atoms with E-state index in [1.54, 1.807) is 0 Å². The fourth-order valence-electron chi connectivity index (χ4n) is 3.28. The highest BCUT2D eigenvalue weighted by Gasteiger charge is 2.39. The van der Waals surface area contributed by atoms with Crippen LogP contribution in [0.15, 0.2) is 18.3 Å². The second kappa shape index (κ2) is 6.32. The van der Waals surface area contributed by atoms with Crippen LogP contribution in [-0.4, -0.2) is 37.3 Å². The van der Waals surface area contributed by atoms with E-state index >= 15 is 0 Å². The monoisotopic (exact) mass is 360 g/mol. The standard InChI is InChI=1S/C19H32N4OSi/c1-19(2,3)25(5,6)24-15-7-9-23(10-8-15)18-12-17-14(11-16(18)20)13-22(4)21-17/h11-13,15H,7-10,20H2,1-6H3. The highest BCUT2D eigenvalue weighted by atomic mass is 28.4. The van der Waals surface area contributed by atoms with E-state index in [0.717, 1.165) is 48.2 Å². The molecule has 2 aromatic rings. The Morgan fingerprint density at radius 2 is 1.84 bits per heavy atom. The minimum atomic E-state index is -1.69. The van der Waals surface area contributed by atoms with Crippen LogP contribution in [0.25, 0.3) is 10.9 Å². The van der Waals surface area contributed by atoms with E-state index < -0.39 is 8.32 Å². The summed E-state index contributed by atoms with van der Waals surface area (Å²) < 4.78 is 8.44. The van der Waals surface area contributed by atoms with Crippen LogP contribution in [0, 0.1) is 0 Å². The maximum absolute atomic E-state index is 6.60. The summed E-state index contributed by atoms with van der Waals surface area (Å²) in [5.74, 6) is 0. The van der Waals surface area contributed by atoms with E-state index in [1.165, 1.54) is 0 Å². The van der Waals surface area contributed by atoms with Crippen molar-refractivity contribution in [2.75, 3.05) is 23.7 Å². The molecular weight excluding hydrogens is 328 g/mol. The zero-order chi connectivity index (χ0) is 18.4. The molecule has 1 aromatic carbocycles. The van der Waals surface area contributed by atoms with Gasteiger partial charge < -0.3 is 15.1 Å². The van der Waals surface area contributed by atoms with Crippen LogP contribution in [0.3, 0.4) is 0 Å². The van der Waals surface area contributed by atoms with E-state index in [1.807, 2.05) is 24.0 Å². The van der Waals surface area contributed by atoms with Crippen LogP contribution < -0.4 is 10.6 Å². The van der Waals surface area contributed by atoms with Gasteiger partial charge in [-0.15, -0.1) is 0 Å². The number of hydrogen-bond donors (Lipinski definition) is 1. The highest BCUT2D eigenvalue weighted by molar-refractivity contribution is 6.74. The van der Waals surface area contributed by atoms with Crippen LogP contribution in [0.1, 0.15) is 33.6 Å². The summed E-state index contributed by atoms with van der Waals surface area (Å²) in [5, 5.41) is 5.88. The Bertz CT molecular complexity index is 755. The molecule has 25 heavy (non-hydrogen) atoms. The van der Waals surface area contributed by atoms with Gasteiger partial charge in [0.25, 0.3) is 0 Å². The third-order valence-electron chi connectivity index (χ3n) is 5.82. The lowest BCUT2D eigenvalue weighted by molar-refractivity contribution is 0.152. The molecule has 2 heterocycles. The van der Waals surface area contributed by atoms with Gasteiger partial charge in [-0.2, -0.15) is 5.10 Å².